The summed E-state index contributed by atoms with van der Waals surface area (Å²) in [6.07, 6.45) is 2.44. The van der Waals surface area contributed by atoms with Crippen LogP contribution in [0.3, 0.4) is 0 Å². The smallest absolute Gasteiger partial charge is 0.164 e. The van der Waals surface area contributed by atoms with E-state index >= 15 is 0 Å². The van der Waals surface area contributed by atoms with Gasteiger partial charge in [0.15, 0.2) is 5.82 Å². The normalized spacial score (nSPS) is 15.1. The lowest BCUT2D eigenvalue weighted by atomic mass is 10.1. The molecule has 1 heterocycles. The van der Waals surface area contributed by atoms with Crippen molar-refractivity contribution in [2.45, 2.75) is 31.1 Å². The summed E-state index contributed by atoms with van der Waals surface area (Å²) in [5.41, 5.74) is 2.25. The Kier molecular flexibility index (Phi) is 3.16. The summed E-state index contributed by atoms with van der Waals surface area (Å²) in [5.74, 6) is 1.96. The predicted molar refractivity (Wildman–Crippen MR) is 76.1 cm³/mol. The van der Waals surface area contributed by atoms with Crippen LogP contribution in [-0.2, 0) is 5.33 Å². The van der Waals surface area contributed by atoms with Crippen molar-refractivity contribution in [1.82, 2.24) is 14.8 Å². The van der Waals surface area contributed by atoms with Crippen molar-refractivity contribution in [3.8, 4) is 11.4 Å². The van der Waals surface area contributed by atoms with E-state index in [1.165, 1.54) is 12.8 Å². The van der Waals surface area contributed by atoms with Gasteiger partial charge in [-0.2, -0.15) is 0 Å². The first-order chi connectivity index (χ1) is 8.70. The van der Waals surface area contributed by atoms with Crippen LogP contribution >= 0.6 is 27.5 Å². The molecule has 0 spiro atoms. The van der Waals surface area contributed by atoms with Gasteiger partial charge in [-0.05, 0) is 43.5 Å². The number of hydrogen-bond donors (Lipinski definition) is 0. The Morgan fingerprint density at radius 2 is 2.17 bits per heavy atom. The topological polar surface area (TPSA) is 30.7 Å². The highest BCUT2D eigenvalue weighted by Gasteiger charge is 2.29. The Balaban J connectivity index is 2.13. The molecule has 1 aromatic carbocycles. The van der Waals surface area contributed by atoms with E-state index in [1.807, 2.05) is 18.2 Å². The highest BCUT2D eigenvalue weighted by molar-refractivity contribution is 9.08. The van der Waals surface area contributed by atoms with Crippen molar-refractivity contribution >= 4 is 27.5 Å². The summed E-state index contributed by atoms with van der Waals surface area (Å²) in [7, 11) is 0. The number of benzene rings is 1. The fourth-order valence-electron chi connectivity index (χ4n) is 2.19. The molecule has 0 amide bonds. The predicted octanol–water partition coefficient (Wildman–Crippen LogP) is 4.14. The van der Waals surface area contributed by atoms with Gasteiger partial charge >= 0.3 is 0 Å². The first-order valence-electron chi connectivity index (χ1n) is 5.97. The zero-order valence-electron chi connectivity index (χ0n) is 10.0. The quantitative estimate of drug-likeness (QED) is 0.794. The average Bonchev–Trinajstić information content (AvgIpc) is 3.09. The van der Waals surface area contributed by atoms with E-state index in [9.17, 15) is 0 Å². The van der Waals surface area contributed by atoms with Crippen LogP contribution in [0, 0.1) is 6.92 Å². The van der Waals surface area contributed by atoms with Crippen molar-refractivity contribution in [2.24, 2.45) is 0 Å². The Morgan fingerprint density at radius 1 is 1.39 bits per heavy atom. The van der Waals surface area contributed by atoms with Gasteiger partial charge in [0.25, 0.3) is 0 Å². The Labute approximate surface area is 119 Å². The third kappa shape index (κ3) is 2.08. The minimum absolute atomic E-state index is 0.567. The number of rotatable bonds is 3. The van der Waals surface area contributed by atoms with Gasteiger partial charge in [0.2, 0.25) is 0 Å². The monoisotopic (exact) mass is 325 g/mol. The molecule has 1 fully saturated rings. The van der Waals surface area contributed by atoms with Gasteiger partial charge in [0, 0.05) is 16.6 Å². The van der Waals surface area contributed by atoms with Crippen LogP contribution in [0.15, 0.2) is 18.2 Å². The molecule has 3 rings (SSSR count). The molecule has 0 N–H and O–H groups in total. The van der Waals surface area contributed by atoms with Gasteiger partial charge in [0.1, 0.15) is 5.82 Å². The molecule has 18 heavy (non-hydrogen) atoms. The molecule has 1 aromatic heterocycles. The van der Waals surface area contributed by atoms with Crippen LogP contribution in [-0.4, -0.2) is 14.8 Å². The lowest BCUT2D eigenvalue weighted by molar-refractivity contribution is 0.714. The van der Waals surface area contributed by atoms with Gasteiger partial charge in [-0.1, -0.05) is 27.5 Å². The maximum atomic E-state index is 6.00. The number of hydrogen-bond acceptors (Lipinski definition) is 2. The molecule has 3 nitrogen and oxygen atoms in total. The van der Waals surface area contributed by atoms with E-state index in [2.05, 4.69) is 37.6 Å². The minimum Gasteiger partial charge on any atom is -0.307 e. The minimum atomic E-state index is 0.567. The first-order valence-corrected chi connectivity index (χ1v) is 7.47. The Morgan fingerprint density at radius 3 is 2.78 bits per heavy atom. The van der Waals surface area contributed by atoms with Crippen LogP contribution in [0.2, 0.25) is 5.02 Å². The molecule has 1 aliphatic rings. The van der Waals surface area contributed by atoms with Gasteiger partial charge in [-0.3, -0.25) is 0 Å². The third-order valence-corrected chi connectivity index (χ3v) is 3.96. The van der Waals surface area contributed by atoms with Crippen molar-refractivity contribution in [2.75, 3.05) is 0 Å². The number of halogens is 2. The van der Waals surface area contributed by atoms with Gasteiger partial charge in [0.05, 0.1) is 5.33 Å². The van der Waals surface area contributed by atoms with Gasteiger partial charge < -0.3 is 4.57 Å². The highest BCUT2D eigenvalue weighted by Crippen LogP contribution is 2.40. The molecule has 0 unspecified atom stereocenters. The van der Waals surface area contributed by atoms with E-state index in [-0.39, 0.29) is 0 Å². The summed E-state index contributed by atoms with van der Waals surface area (Å²) >= 11 is 9.48. The molecule has 0 atom stereocenters. The second kappa shape index (κ2) is 4.67. The van der Waals surface area contributed by atoms with Crippen LogP contribution < -0.4 is 0 Å². The molecule has 0 aliphatic heterocycles. The van der Waals surface area contributed by atoms with Crippen molar-refractivity contribution < 1.29 is 0 Å². The van der Waals surface area contributed by atoms with Crippen molar-refractivity contribution in [3.05, 3.63) is 34.6 Å². The molecule has 0 saturated heterocycles. The van der Waals surface area contributed by atoms with E-state index in [1.54, 1.807) is 0 Å². The molecule has 1 aliphatic carbocycles. The standard InChI is InChI=1S/C13H13BrClN3/c1-8-6-9(15)2-5-11(8)13-17-16-12(7-14)18(13)10-3-4-10/h2,5-6,10H,3-4,7H2,1H3. The second-order valence-electron chi connectivity index (χ2n) is 4.63. The molecule has 1 saturated carbocycles. The summed E-state index contributed by atoms with van der Waals surface area (Å²) in [5, 5.41) is 10.1. The van der Waals surface area contributed by atoms with Crippen LogP contribution in [0.4, 0.5) is 0 Å². The van der Waals surface area contributed by atoms with Crippen LogP contribution in [0.25, 0.3) is 11.4 Å². The summed E-state index contributed by atoms with van der Waals surface area (Å²) in [4.78, 5) is 0. The summed E-state index contributed by atoms with van der Waals surface area (Å²) < 4.78 is 2.25. The summed E-state index contributed by atoms with van der Waals surface area (Å²) in [6, 6.07) is 6.47. The van der Waals surface area contributed by atoms with E-state index in [0.717, 1.165) is 33.1 Å². The Bertz CT molecular complexity index is 590. The van der Waals surface area contributed by atoms with Gasteiger partial charge in [-0.15, -0.1) is 10.2 Å². The zero-order chi connectivity index (χ0) is 12.7. The Hall–Kier alpha value is -0.870. The molecule has 94 valence electrons. The largest absolute Gasteiger partial charge is 0.307 e. The molecular weight excluding hydrogens is 314 g/mol. The van der Waals surface area contributed by atoms with Crippen LogP contribution in [0.1, 0.15) is 30.3 Å². The van der Waals surface area contributed by atoms with Crippen molar-refractivity contribution in [1.29, 1.82) is 0 Å². The number of alkyl halides is 1. The SMILES string of the molecule is Cc1cc(Cl)ccc1-c1nnc(CBr)n1C1CC1. The molecule has 2 aromatic rings. The fourth-order valence-corrected chi connectivity index (χ4v) is 2.80. The van der Waals surface area contributed by atoms with E-state index in [0.29, 0.717) is 6.04 Å². The molecule has 0 bridgehead atoms. The van der Waals surface area contributed by atoms with Gasteiger partial charge in [-0.25, -0.2) is 0 Å². The highest BCUT2D eigenvalue weighted by atomic mass is 79.9. The average molecular weight is 327 g/mol. The molecule has 5 heteroatoms. The maximum Gasteiger partial charge on any atom is 0.164 e. The number of aromatic nitrogens is 3. The third-order valence-electron chi connectivity index (χ3n) is 3.23. The van der Waals surface area contributed by atoms with Crippen LogP contribution in [0.5, 0.6) is 0 Å². The first kappa shape index (κ1) is 12.2. The second-order valence-corrected chi connectivity index (χ2v) is 5.63. The maximum absolute atomic E-state index is 6.00. The lowest BCUT2D eigenvalue weighted by Gasteiger charge is -2.10. The lowest BCUT2D eigenvalue weighted by Crippen LogP contribution is -2.02. The zero-order valence-corrected chi connectivity index (χ0v) is 12.4. The number of aryl methyl sites for hydroxylation is 1. The summed E-state index contributed by atoms with van der Waals surface area (Å²) in [6.45, 7) is 2.06. The fraction of sp³-hybridized carbons (Fsp3) is 0.385. The van der Waals surface area contributed by atoms with E-state index in [4.69, 9.17) is 11.6 Å². The molecular formula is C13H13BrClN3. The number of nitrogens with zero attached hydrogens (tertiary/aromatic N) is 3. The van der Waals surface area contributed by atoms with Crippen molar-refractivity contribution in [3.63, 3.8) is 0 Å². The molecule has 0 radical (unpaired) electrons. The van der Waals surface area contributed by atoms with E-state index < -0.39 is 0 Å².